The van der Waals surface area contributed by atoms with E-state index in [2.05, 4.69) is 10.1 Å². The monoisotopic (exact) mass is 355 g/mol. The highest BCUT2D eigenvalue weighted by atomic mass is 16.2. The molecule has 1 fully saturated rings. The summed E-state index contributed by atoms with van der Waals surface area (Å²) in [5, 5.41) is 4.36. The number of hydrogen-bond acceptors (Lipinski definition) is 4. The van der Waals surface area contributed by atoms with Crippen LogP contribution in [0.2, 0.25) is 0 Å². The number of pyridine rings is 1. The molecule has 1 aliphatic rings. The molecule has 3 rings (SSSR count). The van der Waals surface area contributed by atoms with E-state index in [0.29, 0.717) is 44.1 Å². The molecule has 0 aromatic carbocycles. The number of carbonyl (C=O) groups is 2. The van der Waals surface area contributed by atoms with E-state index in [0.717, 1.165) is 17.8 Å². The van der Waals surface area contributed by atoms with E-state index in [1.54, 1.807) is 15.6 Å². The van der Waals surface area contributed by atoms with Gasteiger partial charge in [0.05, 0.1) is 5.69 Å². The van der Waals surface area contributed by atoms with Crippen molar-refractivity contribution in [3.63, 3.8) is 0 Å². The lowest BCUT2D eigenvalue weighted by atomic mass is 10.2. The van der Waals surface area contributed by atoms with Crippen LogP contribution in [-0.2, 0) is 6.54 Å². The summed E-state index contributed by atoms with van der Waals surface area (Å²) >= 11 is 0. The second kappa shape index (κ2) is 7.68. The quantitative estimate of drug-likeness (QED) is 0.843. The molecule has 0 unspecified atom stereocenters. The Labute approximate surface area is 153 Å². The van der Waals surface area contributed by atoms with Gasteiger partial charge in [0.1, 0.15) is 11.4 Å². The molecule has 7 nitrogen and oxygen atoms in total. The highest BCUT2D eigenvalue weighted by Crippen LogP contribution is 2.13. The smallest absolute Gasteiger partial charge is 0.272 e. The van der Waals surface area contributed by atoms with Crippen molar-refractivity contribution in [2.24, 2.45) is 0 Å². The molecule has 0 spiro atoms. The summed E-state index contributed by atoms with van der Waals surface area (Å²) in [6, 6.07) is 7.29. The molecular formula is C19H25N5O2. The Morgan fingerprint density at radius 2 is 1.69 bits per heavy atom. The summed E-state index contributed by atoms with van der Waals surface area (Å²) in [5.41, 5.74) is 2.74. The Balaban J connectivity index is 1.70. The minimum atomic E-state index is -0.0718. The molecule has 2 aromatic rings. The molecule has 2 amide bonds. The fourth-order valence-corrected chi connectivity index (χ4v) is 3.27. The zero-order chi connectivity index (χ0) is 18.7. The second-order valence-corrected chi connectivity index (χ2v) is 6.59. The van der Waals surface area contributed by atoms with Crippen LogP contribution < -0.4 is 0 Å². The number of nitrogens with zero attached hydrogens (tertiary/aromatic N) is 5. The van der Waals surface area contributed by atoms with E-state index in [1.165, 1.54) is 0 Å². The van der Waals surface area contributed by atoms with Gasteiger partial charge in [-0.2, -0.15) is 5.10 Å². The van der Waals surface area contributed by atoms with Crippen molar-refractivity contribution in [3.05, 3.63) is 47.0 Å². The van der Waals surface area contributed by atoms with Gasteiger partial charge in [-0.3, -0.25) is 14.3 Å². The zero-order valence-electron chi connectivity index (χ0n) is 15.6. The van der Waals surface area contributed by atoms with Gasteiger partial charge >= 0.3 is 0 Å². The van der Waals surface area contributed by atoms with Crippen LogP contribution in [0.5, 0.6) is 0 Å². The number of rotatable bonds is 3. The van der Waals surface area contributed by atoms with E-state index in [-0.39, 0.29) is 11.8 Å². The van der Waals surface area contributed by atoms with E-state index in [9.17, 15) is 9.59 Å². The van der Waals surface area contributed by atoms with Gasteiger partial charge in [-0.25, -0.2) is 4.98 Å². The predicted octanol–water partition coefficient (Wildman–Crippen LogP) is 1.90. The van der Waals surface area contributed by atoms with Crippen LogP contribution in [0.3, 0.4) is 0 Å². The average molecular weight is 355 g/mol. The van der Waals surface area contributed by atoms with Crippen molar-refractivity contribution in [1.82, 2.24) is 24.6 Å². The number of amides is 2. The van der Waals surface area contributed by atoms with Crippen LogP contribution in [0, 0.1) is 13.8 Å². The summed E-state index contributed by atoms with van der Waals surface area (Å²) in [4.78, 5) is 33.5. The number of aryl methyl sites for hydroxylation is 3. The lowest BCUT2D eigenvalue weighted by Crippen LogP contribution is -2.38. The van der Waals surface area contributed by atoms with E-state index in [1.807, 2.05) is 43.9 Å². The van der Waals surface area contributed by atoms with Crippen molar-refractivity contribution in [1.29, 1.82) is 0 Å². The lowest BCUT2D eigenvalue weighted by Gasteiger charge is -2.22. The van der Waals surface area contributed by atoms with Crippen LogP contribution in [0.4, 0.5) is 0 Å². The van der Waals surface area contributed by atoms with E-state index in [4.69, 9.17) is 0 Å². The van der Waals surface area contributed by atoms with Gasteiger partial charge in [0.15, 0.2) is 0 Å². The molecule has 3 heterocycles. The molecule has 7 heteroatoms. The molecule has 0 atom stereocenters. The zero-order valence-corrected chi connectivity index (χ0v) is 15.6. The summed E-state index contributed by atoms with van der Waals surface area (Å²) in [5.74, 6) is -0.0899. The Hall–Kier alpha value is -2.70. The van der Waals surface area contributed by atoms with Crippen molar-refractivity contribution in [2.45, 2.75) is 33.7 Å². The maximum Gasteiger partial charge on any atom is 0.272 e. The van der Waals surface area contributed by atoms with Crippen LogP contribution in [0.1, 0.15) is 45.7 Å². The van der Waals surface area contributed by atoms with Gasteiger partial charge in [-0.15, -0.1) is 0 Å². The third-order valence-electron chi connectivity index (χ3n) is 4.60. The maximum atomic E-state index is 12.9. The number of aromatic nitrogens is 3. The van der Waals surface area contributed by atoms with E-state index < -0.39 is 0 Å². The molecule has 0 N–H and O–H groups in total. The minimum Gasteiger partial charge on any atom is -0.335 e. The number of carbonyl (C=O) groups excluding carboxylic acids is 2. The molecular weight excluding hydrogens is 330 g/mol. The summed E-state index contributed by atoms with van der Waals surface area (Å²) in [6.07, 6.45) is 0.753. The lowest BCUT2D eigenvalue weighted by molar-refractivity contribution is 0.0709. The largest absolute Gasteiger partial charge is 0.335 e. The first-order valence-corrected chi connectivity index (χ1v) is 9.06. The van der Waals surface area contributed by atoms with E-state index >= 15 is 0 Å². The van der Waals surface area contributed by atoms with Gasteiger partial charge in [0.2, 0.25) is 0 Å². The highest BCUT2D eigenvalue weighted by molar-refractivity contribution is 5.93. The van der Waals surface area contributed by atoms with Crippen molar-refractivity contribution >= 4 is 11.8 Å². The summed E-state index contributed by atoms with van der Waals surface area (Å²) < 4.78 is 1.74. The molecule has 0 bridgehead atoms. The molecule has 138 valence electrons. The van der Waals surface area contributed by atoms with Gasteiger partial charge in [-0.1, -0.05) is 6.07 Å². The van der Waals surface area contributed by atoms with Gasteiger partial charge in [-0.05, 0) is 45.4 Å². The molecule has 1 aliphatic heterocycles. The normalized spacial score (nSPS) is 15.0. The average Bonchev–Trinajstić information content (AvgIpc) is 2.85. The predicted molar refractivity (Wildman–Crippen MR) is 98.0 cm³/mol. The third-order valence-corrected chi connectivity index (χ3v) is 4.60. The topological polar surface area (TPSA) is 71.3 Å². The Morgan fingerprint density at radius 3 is 2.35 bits per heavy atom. The first-order chi connectivity index (χ1) is 12.5. The van der Waals surface area contributed by atoms with Gasteiger partial charge in [0.25, 0.3) is 11.8 Å². The highest BCUT2D eigenvalue weighted by Gasteiger charge is 2.25. The Kier molecular flexibility index (Phi) is 5.35. The van der Waals surface area contributed by atoms with Crippen molar-refractivity contribution < 1.29 is 9.59 Å². The maximum absolute atomic E-state index is 12.9. The van der Waals surface area contributed by atoms with Crippen LogP contribution in [-0.4, -0.2) is 62.6 Å². The second-order valence-electron chi connectivity index (χ2n) is 6.59. The van der Waals surface area contributed by atoms with Gasteiger partial charge < -0.3 is 9.80 Å². The first kappa shape index (κ1) is 18.1. The number of hydrogen-bond donors (Lipinski definition) is 0. The third kappa shape index (κ3) is 3.76. The van der Waals surface area contributed by atoms with Crippen molar-refractivity contribution in [3.8, 4) is 0 Å². The van der Waals surface area contributed by atoms with Crippen LogP contribution >= 0.6 is 0 Å². The first-order valence-electron chi connectivity index (χ1n) is 9.06. The Morgan fingerprint density at radius 1 is 1.00 bits per heavy atom. The molecule has 0 radical (unpaired) electrons. The van der Waals surface area contributed by atoms with Gasteiger partial charge in [0, 0.05) is 38.4 Å². The van der Waals surface area contributed by atoms with Crippen LogP contribution in [0.15, 0.2) is 24.3 Å². The molecule has 2 aromatic heterocycles. The minimum absolute atomic E-state index is 0.0181. The standard InChI is InChI=1S/C19H25N5O2/c1-4-24-17(13-15(3)21-24)19(26)23-10-6-9-22(11-12-23)18(25)16-8-5-7-14(2)20-16/h5,7-8,13H,4,6,9-12H2,1-3H3. The van der Waals surface area contributed by atoms with Crippen LogP contribution in [0.25, 0.3) is 0 Å². The Bertz CT molecular complexity index is 814. The molecule has 0 saturated carbocycles. The van der Waals surface area contributed by atoms with Crippen molar-refractivity contribution in [2.75, 3.05) is 26.2 Å². The molecule has 0 aliphatic carbocycles. The summed E-state index contributed by atoms with van der Waals surface area (Å²) in [7, 11) is 0. The molecule has 1 saturated heterocycles. The summed E-state index contributed by atoms with van der Waals surface area (Å²) in [6.45, 7) is 8.69. The fraction of sp³-hybridized carbons (Fsp3) is 0.474. The molecule has 26 heavy (non-hydrogen) atoms. The SMILES string of the molecule is CCn1nc(C)cc1C(=O)N1CCCN(C(=O)c2cccc(C)n2)CC1. The fourth-order valence-electron chi connectivity index (χ4n) is 3.27.